The number of carbonyl (C=O) groups is 1. The highest BCUT2D eigenvalue weighted by Crippen LogP contribution is 2.46. The average molecular weight is 453 g/mol. The maximum absolute atomic E-state index is 14.1. The number of nitrogens with one attached hydrogen (secondary N) is 1. The Kier molecular flexibility index (Phi) is 4.59. The number of nitrogens with zero attached hydrogens (tertiary/aromatic N) is 5. The largest absolute Gasteiger partial charge is 0.493 e. The van der Waals surface area contributed by atoms with Gasteiger partial charge in [-0.05, 0) is 31.0 Å². The van der Waals surface area contributed by atoms with Gasteiger partial charge < -0.3 is 14.8 Å². The topological polar surface area (TPSA) is 105 Å². The Morgan fingerprint density at radius 2 is 2.09 bits per heavy atom. The number of benzene rings is 1. The fourth-order valence-corrected chi connectivity index (χ4v) is 4.17. The van der Waals surface area contributed by atoms with E-state index in [0.717, 1.165) is 17.8 Å². The smallest absolute Gasteiger partial charge is 0.240 e. The van der Waals surface area contributed by atoms with Crippen LogP contribution in [-0.4, -0.2) is 35.4 Å². The van der Waals surface area contributed by atoms with Crippen molar-refractivity contribution in [3.05, 3.63) is 64.5 Å². The second-order valence-electron chi connectivity index (χ2n) is 7.78. The maximum atomic E-state index is 14.1. The van der Waals surface area contributed by atoms with Gasteiger partial charge in [0, 0.05) is 18.6 Å². The molecular formula is C22H18ClFN6O2. The van der Waals surface area contributed by atoms with Gasteiger partial charge in [-0.3, -0.25) is 4.79 Å². The first-order valence-electron chi connectivity index (χ1n) is 10.0. The molecular weight excluding hydrogens is 435 g/mol. The lowest BCUT2D eigenvalue weighted by atomic mass is 9.78. The molecule has 4 aromatic rings. The monoisotopic (exact) mass is 452 g/mol. The normalized spacial score (nSPS) is 17.6. The molecule has 0 saturated carbocycles. The summed E-state index contributed by atoms with van der Waals surface area (Å²) < 4.78 is 15.9. The number of aromatic nitrogens is 5. The molecule has 162 valence electrons. The number of imidazole rings is 1. The molecule has 1 unspecified atom stereocenters. The highest BCUT2D eigenvalue weighted by molar-refractivity contribution is 6.30. The minimum atomic E-state index is -1.39. The van der Waals surface area contributed by atoms with E-state index >= 15 is 0 Å². The first-order valence-corrected chi connectivity index (χ1v) is 10.4. The van der Waals surface area contributed by atoms with Crippen LogP contribution >= 0.6 is 11.6 Å². The summed E-state index contributed by atoms with van der Waals surface area (Å²) in [5.41, 5.74) is 1.06. The van der Waals surface area contributed by atoms with Crippen LogP contribution in [0.4, 0.5) is 10.2 Å². The molecule has 1 aliphatic rings. The number of aryl methyl sites for hydroxylation is 1. The fourth-order valence-electron chi connectivity index (χ4n) is 4.05. The summed E-state index contributed by atoms with van der Waals surface area (Å²) in [6, 6.07) is 4.09. The molecule has 1 aliphatic heterocycles. The van der Waals surface area contributed by atoms with Crippen molar-refractivity contribution < 1.29 is 14.3 Å². The Morgan fingerprint density at radius 3 is 2.84 bits per heavy atom. The van der Waals surface area contributed by atoms with Crippen molar-refractivity contribution in [3.8, 4) is 17.4 Å². The van der Waals surface area contributed by atoms with E-state index in [1.807, 2.05) is 11.3 Å². The lowest BCUT2D eigenvalue weighted by molar-refractivity contribution is -0.119. The van der Waals surface area contributed by atoms with Crippen LogP contribution in [0.15, 0.2) is 36.8 Å². The minimum Gasteiger partial charge on any atom is -0.493 e. The molecule has 0 spiro atoms. The standard InChI is InChI=1S/C22H18ClFN6O2/c1-3-4-14-19-25-7-8-30(19)10-15(26-14)17-27-18-16(20(31)28-17)22(2,21(32)29-18)11-5-6-12(23)13(24)9-11/h5-10H,3-4H2,1-2H3,(H2,27,28,29,31,32). The number of anilines is 1. The van der Waals surface area contributed by atoms with E-state index in [0.29, 0.717) is 17.7 Å². The van der Waals surface area contributed by atoms with Gasteiger partial charge >= 0.3 is 0 Å². The molecule has 0 aliphatic carbocycles. The van der Waals surface area contributed by atoms with Gasteiger partial charge in [0.05, 0.1) is 16.3 Å². The summed E-state index contributed by atoms with van der Waals surface area (Å²) in [5.74, 6) is -1.20. The van der Waals surface area contributed by atoms with E-state index in [1.165, 1.54) is 12.1 Å². The molecule has 10 heteroatoms. The summed E-state index contributed by atoms with van der Waals surface area (Å²) >= 11 is 5.79. The highest BCUT2D eigenvalue weighted by atomic mass is 35.5. The Hall–Kier alpha value is -3.59. The Morgan fingerprint density at radius 1 is 1.28 bits per heavy atom. The van der Waals surface area contributed by atoms with Crippen LogP contribution in [-0.2, 0) is 16.6 Å². The van der Waals surface area contributed by atoms with Gasteiger partial charge in [0.1, 0.15) is 22.7 Å². The molecule has 0 saturated heterocycles. The van der Waals surface area contributed by atoms with Crippen molar-refractivity contribution in [1.29, 1.82) is 0 Å². The Balaban J connectivity index is 1.66. The second-order valence-corrected chi connectivity index (χ2v) is 8.19. The molecule has 3 aromatic heterocycles. The molecule has 4 heterocycles. The van der Waals surface area contributed by atoms with Crippen molar-refractivity contribution >= 4 is 29.0 Å². The Labute approximate surface area is 187 Å². The van der Waals surface area contributed by atoms with Gasteiger partial charge in [-0.15, -0.1) is 0 Å². The van der Waals surface area contributed by atoms with Crippen molar-refractivity contribution in [3.63, 3.8) is 0 Å². The van der Waals surface area contributed by atoms with Gasteiger partial charge in [-0.25, -0.2) is 19.3 Å². The summed E-state index contributed by atoms with van der Waals surface area (Å²) in [6.07, 6.45) is 6.77. The maximum Gasteiger partial charge on any atom is 0.240 e. The zero-order valence-electron chi connectivity index (χ0n) is 17.2. The lowest BCUT2D eigenvalue weighted by Crippen LogP contribution is -2.32. The number of aromatic hydroxyl groups is 1. The van der Waals surface area contributed by atoms with Crippen LogP contribution in [0.1, 0.15) is 37.1 Å². The van der Waals surface area contributed by atoms with Gasteiger partial charge in [0.15, 0.2) is 11.5 Å². The second kappa shape index (κ2) is 7.23. The van der Waals surface area contributed by atoms with Crippen LogP contribution in [0.3, 0.4) is 0 Å². The third-order valence-electron chi connectivity index (χ3n) is 5.73. The number of hydrogen-bond acceptors (Lipinski definition) is 6. The third-order valence-corrected chi connectivity index (χ3v) is 6.04. The lowest BCUT2D eigenvalue weighted by Gasteiger charge is -2.23. The molecule has 0 radical (unpaired) electrons. The summed E-state index contributed by atoms with van der Waals surface area (Å²) in [5, 5.41) is 13.5. The van der Waals surface area contributed by atoms with Crippen molar-refractivity contribution in [2.24, 2.45) is 0 Å². The van der Waals surface area contributed by atoms with E-state index in [2.05, 4.69) is 25.3 Å². The molecule has 8 nitrogen and oxygen atoms in total. The molecule has 5 rings (SSSR count). The molecule has 32 heavy (non-hydrogen) atoms. The van der Waals surface area contributed by atoms with E-state index in [-0.39, 0.29) is 28.1 Å². The summed E-state index contributed by atoms with van der Waals surface area (Å²) in [6.45, 7) is 3.62. The SMILES string of the molecule is CCCc1nc(-c2nc(O)c3c(n2)NC(=O)C3(C)c2ccc(Cl)c(F)c2)cn2ccnc12. The van der Waals surface area contributed by atoms with Gasteiger partial charge in [0.25, 0.3) is 0 Å². The number of carbonyl (C=O) groups excluding carboxylic acids is 1. The fraction of sp³-hybridized carbons (Fsp3) is 0.227. The average Bonchev–Trinajstić information content (AvgIpc) is 3.33. The van der Waals surface area contributed by atoms with Crippen LogP contribution in [0.25, 0.3) is 17.2 Å². The quantitative estimate of drug-likeness (QED) is 0.486. The zero-order chi connectivity index (χ0) is 22.6. The molecule has 1 aromatic carbocycles. The predicted molar refractivity (Wildman–Crippen MR) is 116 cm³/mol. The van der Waals surface area contributed by atoms with Crippen molar-refractivity contribution in [2.75, 3.05) is 5.32 Å². The van der Waals surface area contributed by atoms with Crippen LogP contribution < -0.4 is 5.32 Å². The number of hydrogen-bond donors (Lipinski definition) is 2. The summed E-state index contributed by atoms with van der Waals surface area (Å²) in [7, 11) is 0. The molecule has 1 amide bonds. The first kappa shape index (κ1) is 20.3. The van der Waals surface area contributed by atoms with Gasteiger partial charge in [-0.2, -0.15) is 4.98 Å². The van der Waals surface area contributed by atoms with E-state index < -0.39 is 17.1 Å². The van der Waals surface area contributed by atoms with E-state index in [9.17, 15) is 14.3 Å². The molecule has 0 bridgehead atoms. The van der Waals surface area contributed by atoms with Crippen LogP contribution in [0, 0.1) is 5.82 Å². The molecule has 2 N–H and O–H groups in total. The zero-order valence-corrected chi connectivity index (χ0v) is 18.0. The number of halogens is 2. The molecule has 1 atom stereocenters. The summed E-state index contributed by atoms with van der Waals surface area (Å²) in [4.78, 5) is 30.6. The Bertz CT molecular complexity index is 1400. The van der Waals surface area contributed by atoms with Crippen LogP contribution in [0.5, 0.6) is 5.88 Å². The van der Waals surface area contributed by atoms with E-state index in [4.69, 9.17) is 11.6 Å². The predicted octanol–water partition coefficient (Wildman–Crippen LogP) is 3.90. The van der Waals surface area contributed by atoms with Gasteiger partial charge in [-0.1, -0.05) is 31.0 Å². The minimum absolute atomic E-state index is 0.0596. The number of fused-ring (bicyclic) bond motifs is 2. The van der Waals surface area contributed by atoms with Crippen molar-refractivity contribution in [1.82, 2.24) is 24.3 Å². The third kappa shape index (κ3) is 2.92. The van der Waals surface area contributed by atoms with Gasteiger partial charge in [0.2, 0.25) is 11.8 Å². The van der Waals surface area contributed by atoms with Crippen LogP contribution in [0.2, 0.25) is 5.02 Å². The molecule has 0 fully saturated rings. The highest BCUT2D eigenvalue weighted by Gasteiger charge is 2.48. The number of amides is 1. The van der Waals surface area contributed by atoms with Crippen molar-refractivity contribution in [2.45, 2.75) is 32.1 Å². The number of rotatable bonds is 4. The first-order chi connectivity index (χ1) is 15.3. The van der Waals surface area contributed by atoms with E-state index in [1.54, 1.807) is 31.6 Å².